The predicted octanol–water partition coefficient (Wildman–Crippen LogP) is 6.71. The number of carbonyl (C=O) groups excluding carboxylic acids is 1. The van der Waals surface area contributed by atoms with Crippen molar-refractivity contribution in [3.05, 3.63) is 89.2 Å². The van der Waals surface area contributed by atoms with Crippen LogP contribution < -0.4 is 0 Å². The van der Waals surface area contributed by atoms with Crippen molar-refractivity contribution in [2.75, 3.05) is 6.54 Å². The first-order chi connectivity index (χ1) is 16.2. The van der Waals surface area contributed by atoms with Gasteiger partial charge in [-0.2, -0.15) is 13.2 Å². The fraction of sp³-hybridized carbons (Fsp3) is 0.259. The third-order valence-electron chi connectivity index (χ3n) is 6.70. The number of alkyl halides is 3. The molecule has 34 heavy (non-hydrogen) atoms. The Morgan fingerprint density at radius 2 is 1.82 bits per heavy atom. The van der Waals surface area contributed by atoms with Crippen LogP contribution >= 0.6 is 0 Å². The maximum absolute atomic E-state index is 13.9. The lowest BCUT2D eigenvalue weighted by Gasteiger charge is -2.34. The fourth-order valence-corrected chi connectivity index (χ4v) is 4.82. The minimum Gasteiger partial charge on any atom is -0.340 e. The zero-order valence-corrected chi connectivity index (χ0v) is 18.9. The van der Waals surface area contributed by atoms with E-state index in [-0.39, 0.29) is 11.4 Å². The molecule has 4 aromatic rings. The third-order valence-corrected chi connectivity index (χ3v) is 6.70. The quantitative estimate of drug-likeness (QED) is 0.367. The second-order valence-corrected chi connectivity index (χ2v) is 9.06. The summed E-state index contributed by atoms with van der Waals surface area (Å²) in [5.74, 6) is 0.389. The highest BCUT2D eigenvalue weighted by molar-refractivity contribution is 6.01. The van der Waals surface area contributed by atoms with Crippen molar-refractivity contribution in [2.45, 2.75) is 38.4 Å². The van der Waals surface area contributed by atoms with Crippen LogP contribution in [0.3, 0.4) is 0 Å². The van der Waals surface area contributed by atoms with Gasteiger partial charge in [-0.05, 0) is 62.1 Å². The van der Waals surface area contributed by atoms with Crippen molar-refractivity contribution in [3.63, 3.8) is 0 Å². The molecule has 0 spiro atoms. The van der Waals surface area contributed by atoms with Gasteiger partial charge in [0.2, 0.25) is 0 Å². The number of H-pyrrole nitrogens is 1. The van der Waals surface area contributed by atoms with E-state index < -0.39 is 17.3 Å². The Morgan fingerprint density at radius 3 is 2.56 bits per heavy atom. The van der Waals surface area contributed by atoms with Gasteiger partial charge in [0.05, 0.1) is 22.1 Å². The van der Waals surface area contributed by atoms with Crippen LogP contribution in [0, 0.1) is 6.92 Å². The van der Waals surface area contributed by atoms with E-state index in [2.05, 4.69) is 9.97 Å². The molecule has 1 aliphatic rings. The Kier molecular flexibility index (Phi) is 5.23. The molecule has 174 valence electrons. The van der Waals surface area contributed by atoms with Gasteiger partial charge >= 0.3 is 6.18 Å². The summed E-state index contributed by atoms with van der Waals surface area (Å²) in [5, 5.41) is 0. The van der Waals surface area contributed by atoms with E-state index in [4.69, 9.17) is 0 Å². The number of aryl methyl sites for hydroxylation is 1. The molecule has 4 nitrogen and oxygen atoms in total. The van der Waals surface area contributed by atoms with Crippen molar-refractivity contribution in [1.82, 2.24) is 14.9 Å². The molecule has 0 radical (unpaired) electrons. The highest BCUT2D eigenvalue weighted by atomic mass is 19.4. The number of halogens is 3. The van der Waals surface area contributed by atoms with Crippen molar-refractivity contribution in [2.24, 2.45) is 0 Å². The number of nitrogens with one attached hydrogen (secondary N) is 1. The molecule has 1 aromatic heterocycles. The maximum Gasteiger partial charge on any atom is 0.416 e. The van der Waals surface area contributed by atoms with Gasteiger partial charge in [-0.3, -0.25) is 4.79 Å². The molecule has 0 bridgehead atoms. The van der Waals surface area contributed by atoms with Crippen LogP contribution in [0.2, 0.25) is 0 Å². The van der Waals surface area contributed by atoms with Crippen molar-refractivity contribution in [3.8, 4) is 11.1 Å². The van der Waals surface area contributed by atoms with E-state index in [0.29, 0.717) is 29.9 Å². The second kappa shape index (κ2) is 8.01. The number of amides is 1. The van der Waals surface area contributed by atoms with Crippen LogP contribution in [0.25, 0.3) is 22.2 Å². The Balaban J connectivity index is 1.56. The molecule has 1 fully saturated rings. The number of hydrogen-bond donors (Lipinski definition) is 1. The Labute approximate surface area is 195 Å². The van der Waals surface area contributed by atoms with Crippen molar-refractivity contribution in [1.29, 1.82) is 0 Å². The zero-order valence-electron chi connectivity index (χ0n) is 18.9. The molecule has 5 rings (SSSR count). The fourth-order valence-electron chi connectivity index (χ4n) is 4.82. The number of carbonyl (C=O) groups is 1. The van der Waals surface area contributed by atoms with E-state index in [1.807, 2.05) is 62.4 Å². The van der Waals surface area contributed by atoms with Crippen LogP contribution in [0.15, 0.2) is 66.7 Å². The summed E-state index contributed by atoms with van der Waals surface area (Å²) in [5.41, 5.74) is 2.65. The molecule has 1 aliphatic heterocycles. The highest BCUT2D eigenvalue weighted by Gasteiger charge is 2.44. The lowest BCUT2D eigenvalue weighted by Crippen LogP contribution is -2.43. The maximum atomic E-state index is 13.9. The molecule has 7 heteroatoms. The number of aromatic amines is 1. The van der Waals surface area contributed by atoms with E-state index in [0.717, 1.165) is 35.2 Å². The highest BCUT2D eigenvalue weighted by Crippen LogP contribution is 2.40. The largest absolute Gasteiger partial charge is 0.416 e. The van der Waals surface area contributed by atoms with E-state index in [9.17, 15) is 18.0 Å². The number of imidazole rings is 1. The van der Waals surface area contributed by atoms with Gasteiger partial charge in [-0.25, -0.2) is 4.98 Å². The molecule has 0 saturated carbocycles. The van der Waals surface area contributed by atoms with Crippen LogP contribution in [0.5, 0.6) is 0 Å². The Morgan fingerprint density at radius 1 is 1.06 bits per heavy atom. The minimum absolute atomic E-state index is 0.112. The number of hydrogen-bond acceptors (Lipinski definition) is 2. The predicted molar refractivity (Wildman–Crippen MR) is 125 cm³/mol. The first kappa shape index (κ1) is 22.2. The summed E-state index contributed by atoms with van der Waals surface area (Å²) in [6.45, 7) is 4.42. The summed E-state index contributed by atoms with van der Waals surface area (Å²) < 4.78 is 39.5. The SMILES string of the molecule is Cc1ccc(-c2ccccc2)c(C(=O)N2CCCC2(C)c2nc3cc(C(F)(F)F)ccc3[nH]2)c1. The van der Waals surface area contributed by atoms with Gasteiger partial charge in [0.1, 0.15) is 5.82 Å². The van der Waals surface area contributed by atoms with E-state index in [1.165, 1.54) is 6.07 Å². The second-order valence-electron chi connectivity index (χ2n) is 9.06. The van der Waals surface area contributed by atoms with Crippen molar-refractivity contribution < 1.29 is 18.0 Å². The topological polar surface area (TPSA) is 49.0 Å². The first-order valence-corrected chi connectivity index (χ1v) is 11.2. The number of likely N-dealkylation sites (tertiary alicyclic amines) is 1. The number of fused-ring (bicyclic) bond motifs is 1. The molecular formula is C27H24F3N3O. The number of benzene rings is 3. The zero-order chi connectivity index (χ0) is 24.1. The summed E-state index contributed by atoms with van der Waals surface area (Å²) in [6, 6.07) is 19.1. The molecular weight excluding hydrogens is 439 g/mol. The van der Waals surface area contributed by atoms with Gasteiger partial charge in [0.15, 0.2) is 0 Å². The number of nitrogens with zero attached hydrogens (tertiary/aromatic N) is 2. The van der Waals surface area contributed by atoms with Gasteiger partial charge < -0.3 is 9.88 Å². The molecule has 2 heterocycles. The van der Waals surface area contributed by atoms with E-state index in [1.54, 1.807) is 4.90 Å². The van der Waals surface area contributed by atoms with Crippen LogP contribution in [0.1, 0.15) is 47.1 Å². The Bertz CT molecular complexity index is 1380. The van der Waals surface area contributed by atoms with E-state index >= 15 is 0 Å². The smallest absolute Gasteiger partial charge is 0.340 e. The average Bonchev–Trinajstić information content (AvgIpc) is 3.42. The molecule has 3 aromatic carbocycles. The number of rotatable bonds is 3. The van der Waals surface area contributed by atoms with Gasteiger partial charge in [-0.1, -0.05) is 48.0 Å². The van der Waals surface area contributed by atoms with Crippen LogP contribution in [0.4, 0.5) is 13.2 Å². The monoisotopic (exact) mass is 463 g/mol. The third kappa shape index (κ3) is 3.75. The Hall–Kier alpha value is -3.61. The van der Waals surface area contributed by atoms with Gasteiger partial charge in [-0.15, -0.1) is 0 Å². The summed E-state index contributed by atoms with van der Waals surface area (Å²) >= 11 is 0. The normalized spacial score (nSPS) is 18.6. The van der Waals surface area contributed by atoms with Crippen LogP contribution in [-0.4, -0.2) is 27.3 Å². The van der Waals surface area contributed by atoms with Crippen molar-refractivity contribution >= 4 is 16.9 Å². The molecule has 1 atom stereocenters. The lowest BCUT2D eigenvalue weighted by molar-refractivity contribution is -0.137. The molecule has 1 amide bonds. The molecule has 1 unspecified atom stereocenters. The molecule has 0 aliphatic carbocycles. The summed E-state index contributed by atoms with van der Waals surface area (Å²) in [6.07, 6.45) is -3.00. The van der Waals surface area contributed by atoms with Gasteiger partial charge in [0, 0.05) is 12.1 Å². The lowest BCUT2D eigenvalue weighted by atomic mass is 9.94. The van der Waals surface area contributed by atoms with Crippen LogP contribution in [-0.2, 0) is 11.7 Å². The average molecular weight is 464 g/mol. The standard InChI is InChI=1S/C27H24F3N3O/c1-17-9-11-20(18-7-4-3-5-8-18)21(15-17)24(34)33-14-6-13-26(33,2)25-31-22-12-10-19(27(28,29)30)16-23(22)32-25/h3-5,7-12,15-16H,6,13-14H2,1-2H3,(H,31,32). The molecule has 1 saturated heterocycles. The minimum atomic E-state index is -4.44. The molecule has 1 N–H and O–H groups in total. The summed E-state index contributed by atoms with van der Waals surface area (Å²) in [7, 11) is 0. The first-order valence-electron chi connectivity index (χ1n) is 11.2. The summed E-state index contributed by atoms with van der Waals surface area (Å²) in [4.78, 5) is 23.4. The van der Waals surface area contributed by atoms with Gasteiger partial charge in [0.25, 0.3) is 5.91 Å². The number of aromatic nitrogens is 2.